The first-order valence-electron chi connectivity index (χ1n) is 22.1. The molecule has 23 heteroatoms. The molecule has 1 aromatic carbocycles. The molecule has 67 heavy (non-hydrogen) atoms. The summed E-state index contributed by atoms with van der Waals surface area (Å²) in [5.74, 6) is -10.8. The SMILES string of the molecule is C/C=C1/NC(=O)[C@H](O)[C@H](CC[C@@H](C)CC)NC(=O)C(CC(N)=O)NC(=O)[C@H](Cc2ccccc2)NC(=O)[C@@H]2C[C@H](C)CN2C(=O)[C@H]([C@@H](C)OC)NC(=O)C([C@H](O)C(N)=O)NC(=O)CN(C)C1=O. The summed E-state index contributed by atoms with van der Waals surface area (Å²) < 4.78 is 5.41. The number of fused-ring (bicyclic) bond motifs is 1. The first-order chi connectivity index (χ1) is 31.5. The molecule has 12 N–H and O–H groups in total. The zero-order chi connectivity index (χ0) is 50.3. The third kappa shape index (κ3) is 15.6. The maximum absolute atomic E-state index is 14.5. The Morgan fingerprint density at radius 2 is 1.51 bits per heavy atom. The van der Waals surface area contributed by atoms with E-state index in [0.717, 1.165) is 18.0 Å². The number of methoxy groups -OCH3 is 1. The summed E-state index contributed by atoms with van der Waals surface area (Å²) >= 11 is 0. The van der Waals surface area contributed by atoms with Gasteiger partial charge >= 0.3 is 0 Å². The maximum Gasteiger partial charge on any atom is 0.270 e. The third-order valence-electron chi connectivity index (χ3n) is 11.8. The van der Waals surface area contributed by atoms with Crippen LogP contribution < -0.4 is 43.4 Å². The number of primary amides is 2. The molecule has 0 radical (unpaired) electrons. The smallest absolute Gasteiger partial charge is 0.270 e. The van der Waals surface area contributed by atoms with Gasteiger partial charge in [-0.15, -0.1) is 0 Å². The Kier molecular flexibility index (Phi) is 20.8. The van der Waals surface area contributed by atoms with Gasteiger partial charge in [0, 0.05) is 27.1 Å². The number of carbonyl (C=O) groups is 10. The van der Waals surface area contributed by atoms with Crippen LogP contribution in [-0.4, -0.2) is 161 Å². The number of hydrogen-bond acceptors (Lipinski definition) is 13. The Morgan fingerprint density at radius 3 is 2.09 bits per heavy atom. The van der Waals surface area contributed by atoms with E-state index in [2.05, 4.69) is 31.9 Å². The van der Waals surface area contributed by atoms with Crippen LogP contribution in [0.5, 0.6) is 0 Å². The van der Waals surface area contributed by atoms with E-state index in [1.807, 2.05) is 13.8 Å². The molecule has 2 heterocycles. The lowest BCUT2D eigenvalue weighted by atomic mass is 9.95. The molecule has 0 spiro atoms. The second-order valence-electron chi connectivity index (χ2n) is 17.2. The predicted octanol–water partition coefficient (Wildman–Crippen LogP) is -3.67. The zero-order valence-electron chi connectivity index (χ0n) is 38.9. The number of nitrogens with one attached hydrogen (secondary N) is 6. The van der Waals surface area contributed by atoms with Crippen LogP contribution in [0.15, 0.2) is 42.1 Å². The Bertz CT molecular complexity index is 2020. The van der Waals surface area contributed by atoms with Gasteiger partial charge in [0.15, 0.2) is 12.2 Å². The van der Waals surface area contributed by atoms with Crippen molar-refractivity contribution in [1.29, 1.82) is 0 Å². The molecule has 3 rings (SSSR count). The lowest BCUT2D eigenvalue weighted by Crippen LogP contribution is -2.64. The molecule has 0 saturated carbocycles. The molecule has 2 aliphatic rings. The van der Waals surface area contributed by atoms with Gasteiger partial charge in [0.1, 0.15) is 35.9 Å². The van der Waals surface area contributed by atoms with Crippen LogP contribution in [-0.2, 0) is 59.1 Å². The number of amides is 10. The number of nitrogens with zero attached hydrogens (tertiary/aromatic N) is 2. The monoisotopic (exact) mass is 942 g/mol. The molecular formula is C44H66N10O13. The number of benzene rings is 1. The fraction of sp³-hybridized carbons (Fsp3) is 0.591. The molecule has 2 aliphatic heterocycles. The predicted molar refractivity (Wildman–Crippen MR) is 239 cm³/mol. The van der Waals surface area contributed by atoms with Gasteiger partial charge in [0.2, 0.25) is 47.3 Å². The summed E-state index contributed by atoms with van der Waals surface area (Å²) in [7, 11) is 2.37. The number of likely N-dealkylation sites (N-methyl/N-ethyl adjacent to an activating group) is 1. The second kappa shape index (κ2) is 25.4. The van der Waals surface area contributed by atoms with Crippen molar-refractivity contribution in [3.8, 4) is 0 Å². The highest BCUT2D eigenvalue weighted by Gasteiger charge is 2.45. The van der Waals surface area contributed by atoms with E-state index in [-0.39, 0.29) is 37.6 Å². The number of aliphatic hydroxyl groups excluding tert-OH is 2. The van der Waals surface area contributed by atoms with Crippen LogP contribution >= 0.6 is 0 Å². The van der Waals surface area contributed by atoms with E-state index in [1.54, 1.807) is 37.3 Å². The Labute approximate surface area is 388 Å². The number of hydrogen-bond donors (Lipinski definition) is 10. The van der Waals surface area contributed by atoms with E-state index in [4.69, 9.17) is 16.2 Å². The van der Waals surface area contributed by atoms with Gasteiger partial charge in [-0.25, -0.2) is 0 Å². The van der Waals surface area contributed by atoms with Crippen LogP contribution in [0.1, 0.15) is 72.3 Å². The largest absolute Gasteiger partial charge is 0.381 e. The topological polar surface area (TPSA) is 351 Å². The van der Waals surface area contributed by atoms with Crippen LogP contribution in [0.2, 0.25) is 0 Å². The van der Waals surface area contributed by atoms with Crippen molar-refractivity contribution in [3.05, 3.63) is 47.7 Å². The van der Waals surface area contributed by atoms with Crippen LogP contribution in [0.25, 0.3) is 0 Å². The minimum atomic E-state index is -2.36. The quantitative estimate of drug-likeness (QED) is 0.0905. The molecule has 0 aliphatic carbocycles. The van der Waals surface area contributed by atoms with E-state index in [9.17, 15) is 58.2 Å². The molecule has 10 amide bonds. The number of rotatable bonds is 12. The van der Waals surface area contributed by atoms with E-state index < -0.39 is 132 Å². The lowest BCUT2D eigenvalue weighted by Gasteiger charge is -2.33. The van der Waals surface area contributed by atoms with Crippen molar-refractivity contribution >= 4 is 59.1 Å². The third-order valence-corrected chi connectivity index (χ3v) is 11.8. The zero-order valence-corrected chi connectivity index (χ0v) is 38.9. The molecule has 2 unspecified atom stereocenters. The fourth-order valence-electron chi connectivity index (χ4n) is 7.55. The van der Waals surface area contributed by atoms with Crippen LogP contribution in [0.3, 0.4) is 0 Å². The van der Waals surface area contributed by atoms with Crippen LogP contribution in [0, 0.1) is 11.8 Å². The number of ether oxygens (including phenoxy) is 1. The van der Waals surface area contributed by atoms with Gasteiger partial charge in [0.05, 0.1) is 25.1 Å². The van der Waals surface area contributed by atoms with E-state index >= 15 is 0 Å². The Morgan fingerprint density at radius 1 is 0.881 bits per heavy atom. The Balaban J connectivity index is 2.20. The normalized spacial score (nSPS) is 27.7. The van der Waals surface area contributed by atoms with Crippen molar-refractivity contribution in [1.82, 2.24) is 41.7 Å². The summed E-state index contributed by atoms with van der Waals surface area (Å²) in [5, 5.41) is 36.7. The average molecular weight is 943 g/mol. The fourth-order valence-corrected chi connectivity index (χ4v) is 7.55. The first kappa shape index (κ1) is 54.9. The van der Waals surface area contributed by atoms with Crippen molar-refractivity contribution < 1.29 is 62.9 Å². The molecule has 23 nitrogen and oxygen atoms in total. The van der Waals surface area contributed by atoms with Crippen LogP contribution in [0.4, 0.5) is 0 Å². The van der Waals surface area contributed by atoms with Gasteiger partial charge in [-0.2, -0.15) is 0 Å². The number of aliphatic hydroxyl groups is 2. The Hall–Kier alpha value is -6.46. The number of nitrogens with two attached hydrogens (primary N) is 2. The molecule has 370 valence electrons. The van der Waals surface area contributed by atoms with Crippen molar-refractivity contribution in [2.75, 3.05) is 27.2 Å². The first-order valence-corrected chi connectivity index (χ1v) is 22.1. The molecule has 0 bridgehead atoms. The molecule has 11 atom stereocenters. The minimum absolute atomic E-state index is 0.00337. The van der Waals surface area contributed by atoms with E-state index in [1.165, 1.54) is 25.9 Å². The highest BCUT2D eigenvalue weighted by atomic mass is 16.5. The molecule has 1 aromatic rings. The number of carbonyl (C=O) groups excluding carboxylic acids is 10. The van der Waals surface area contributed by atoms with Gasteiger partial charge in [-0.1, -0.05) is 63.6 Å². The lowest BCUT2D eigenvalue weighted by molar-refractivity contribution is -0.146. The van der Waals surface area contributed by atoms with Gasteiger partial charge in [0.25, 0.3) is 11.8 Å². The van der Waals surface area contributed by atoms with E-state index in [0.29, 0.717) is 18.4 Å². The summed E-state index contributed by atoms with van der Waals surface area (Å²) in [6.07, 6.45) is -4.09. The molecule has 0 aromatic heterocycles. The summed E-state index contributed by atoms with van der Waals surface area (Å²) in [6, 6.07) is -1.03. The summed E-state index contributed by atoms with van der Waals surface area (Å²) in [6.45, 7) is 7.49. The average Bonchev–Trinajstić information content (AvgIpc) is 3.69. The number of allylic oxidation sites excluding steroid dienone is 1. The summed E-state index contributed by atoms with van der Waals surface area (Å²) in [4.78, 5) is 138. The second-order valence-corrected chi connectivity index (χ2v) is 17.2. The van der Waals surface area contributed by atoms with Crippen molar-refractivity contribution in [3.63, 3.8) is 0 Å². The molecular weight excluding hydrogens is 877 g/mol. The molecule has 2 fully saturated rings. The van der Waals surface area contributed by atoms with Crippen molar-refractivity contribution in [2.45, 2.75) is 128 Å². The van der Waals surface area contributed by atoms with Gasteiger partial charge < -0.3 is 68.1 Å². The van der Waals surface area contributed by atoms with Gasteiger partial charge in [-0.05, 0) is 50.5 Å². The maximum atomic E-state index is 14.5. The summed E-state index contributed by atoms with van der Waals surface area (Å²) in [5.41, 5.74) is 11.0. The van der Waals surface area contributed by atoms with Crippen molar-refractivity contribution in [2.24, 2.45) is 23.3 Å². The minimum Gasteiger partial charge on any atom is -0.381 e. The highest BCUT2D eigenvalue weighted by molar-refractivity contribution is 6.02. The van der Waals surface area contributed by atoms with Gasteiger partial charge in [-0.3, -0.25) is 47.9 Å². The standard InChI is InChI=1S/C44H66N10O13/c1-8-22(3)15-16-27-35(57)42(64)47-26(9-2)43(65)53(6)21-32(56)51-34(36(58)37(46)59)41(63)52-33(24(5)67-7)44(66)54-20-23(4)17-30(54)40(62)50-28(18-25-13-11-10-12-14-25)38(60)49-29(19-31(45)55)39(61)48-27/h9-14,22-24,27-30,33-36,57-58H,8,15-21H2,1-7H3,(H2,45,55)(H2,46,59)(H,47,64)(H,48,61)(H,49,60)(H,50,62)(H,51,56)(H,52,63)/b26-9+/t22-,23-,24+,27-,28-,29?,30-,33-,34?,35+,36-/m0/s1. The highest BCUT2D eigenvalue weighted by Crippen LogP contribution is 2.25. The molecule has 2 saturated heterocycles.